The van der Waals surface area contributed by atoms with Crippen LogP contribution in [0.2, 0.25) is 0 Å². The Hall–Kier alpha value is -2.94. The number of aromatic nitrogens is 4. The van der Waals surface area contributed by atoms with Crippen LogP contribution in [0, 0.1) is 0 Å². The van der Waals surface area contributed by atoms with Gasteiger partial charge in [0, 0.05) is 63.1 Å². The summed E-state index contributed by atoms with van der Waals surface area (Å²) in [6.07, 6.45) is 4.69. The largest absolute Gasteiger partial charge is 0.357 e. The maximum absolute atomic E-state index is 4.97. The van der Waals surface area contributed by atoms with Crippen molar-refractivity contribution in [3.05, 3.63) is 59.7 Å². The van der Waals surface area contributed by atoms with E-state index in [1.54, 1.807) is 0 Å². The van der Waals surface area contributed by atoms with Crippen LogP contribution in [0.25, 0.3) is 0 Å². The quantitative estimate of drug-likeness (QED) is 0.452. The molecule has 3 heterocycles. The fourth-order valence-electron chi connectivity index (χ4n) is 3.65. The summed E-state index contributed by atoms with van der Waals surface area (Å²) in [5, 5.41) is 8.84. The number of aliphatic imine (C=N–C) groups is 1. The molecule has 0 saturated carbocycles. The summed E-state index contributed by atoms with van der Waals surface area (Å²) in [4.78, 5) is 14.3. The monoisotopic (exact) mass is 438 g/mol. The van der Waals surface area contributed by atoms with Crippen LogP contribution in [-0.4, -0.2) is 62.7 Å². The van der Waals surface area contributed by atoms with E-state index in [-0.39, 0.29) is 0 Å². The van der Waals surface area contributed by atoms with Gasteiger partial charge in [0.2, 0.25) is 5.13 Å². The van der Waals surface area contributed by atoms with Gasteiger partial charge in [0.25, 0.3) is 0 Å². The SMILES string of the molecule is CCNC(=NCc1ccccc1Cn1cccn1)N1CCN(c2nc(CC)ns2)CC1. The maximum atomic E-state index is 4.97. The Kier molecular flexibility index (Phi) is 7.14. The summed E-state index contributed by atoms with van der Waals surface area (Å²) in [5.41, 5.74) is 2.48. The summed E-state index contributed by atoms with van der Waals surface area (Å²) < 4.78 is 6.37. The third-order valence-electron chi connectivity index (χ3n) is 5.37. The Morgan fingerprint density at radius 3 is 2.58 bits per heavy atom. The molecule has 4 rings (SSSR count). The highest BCUT2D eigenvalue weighted by atomic mass is 32.1. The van der Waals surface area contributed by atoms with Crippen LogP contribution in [-0.2, 0) is 19.5 Å². The Morgan fingerprint density at radius 1 is 1.10 bits per heavy atom. The molecule has 1 fully saturated rings. The fourth-order valence-corrected chi connectivity index (χ4v) is 4.45. The predicted molar refractivity (Wildman–Crippen MR) is 126 cm³/mol. The van der Waals surface area contributed by atoms with Gasteiger partial charge in [-0.1, -0.05) is 31.2 Å². The minimum Gasteiger partial charge on any atom is -0.357 e. The number of aryl methyl sites for hydroxylation is 1. The molecule has 0 atom stereocenters. The van der Waals surface area contributed by atoms with Crippen molar-refractivity contribution < 1.29 is 0 Å². The average molecular weight is 439 g/mol. The Bertz CT molecular complexity index is 973. The Morgan fingerprint density at radius 2 is 1.90 bits per heavy atom. The maximum Gasteiger partial charge on any atom is 0.205 e. The van der Waals surface area contributed by atoms with Gasteiger partial charge in [0.1, 0.15) is 5.82 Å². The van der Waals surface area contributed by atoms with Gasteiger partial charge in [-0.3, -0.25) is 4.68 Å². The first-order valence-electron chi connectivity index (χ1n) is 10.9. The molecule has 0 aliphatic carbocycles. The lowest BCUT2D eigenvalue weighted by molar-refractivity contribution is 0.372. The molecule has 0 amide bonds. The molecule has 3 aromatic rings. The Labute approximate surface area is 187 Å². The molecule has 0 bridgehead atoms. The zero-order valence-corrected chi connectivity index (χ0v) is 19.1. The van der Waals surface area contributed by atoms with E-state index in [0.29, 0.717) is 6.54 Å². The van der Waals surface area contributed by atoms with Crippen LogP contribution in [0.3, 0.4) is 0 Å². The molecule has 9 heteroatoms. The second-order valence-corrected chi connectivity index (χ2v) is 8.19. The second-order valence-electron chi connectivity index (χ2n) is 7.46. The molecule has 0 radical (unpaired) electrons. The number of nitrogens with one attached hydrogen (secondary N) is 1. The number of guanidine groups is 1. The van der Waals surface area contributed by atoms with Crippen LogP contribution in [0.1, 0.15) is 30.8 Å². The smallest absolute Gasteiger partial charge is 0.205 e. The van der Waals surface area contributed by atoms with Gasteiger partial charge in [-0.05, 0) is 24.1 Å². The predicted octanol–water partition coefficient (Wildman–Crippen LogP) is 2.63. The number of benzene rings is 1. The van der Waals surface area contributed by atoms with Crippen molar-refractivity contribution in [2.45, 2.75) is 33.4 Å². The molecular formula is C22H30N8S. The van der Waals surface area contributed by atoms with E-state index >= 15 is 0 Å². The lowest BCUT2D eigenvalue weighted by Crippen LogP contribution is -2.52. The molecular weight excluding hydrogens is 408 g/mol. The highest BCUT2D eigenvalue weighted by Gasteiger charge is 2.22. The van der Waals surface area contributed by atoms with Gasteiger partial charge < -0.3 is 15.1 Å². The van der Waals surface area contributed by atoms with Gasteiger partial charge >= 0.3 is 0 Å². The molecule has 0 unspecified atom stereocenters. The van der Waals surface area contributed by atoms with Crippen molar-refractivity contribution in [1.29, 1.82) is 0 Å². The Balaban J connectivity index is 1.41. The van der Waals surface area contributed by atoms with Crippen molar-refractivity contribution in [3.63, 3.8) is 0 Å². The number of nitrogens with zero attached hydrogens (tertiary/aromatic N) is 7. The van der Waals surface area contributed by atoms with Crippen molar-refractivity contribution in [1.82, 2.24) is 29.4 Å². The number of hydrogen-bond donors (Lipinski definition) is 1. The number of anilines is 1. The third kappa shape index (κ3) is 5.41. The highest BCUT2D eigenvalue weighted by molar-refractivity contribution is 7.09. The van der Waals surface area contributed by atoms with E-state index in [4.69, 9.17) is 4.99 Å². The first-order chi connectivity index (χ1) is 15.3. The fraction of sp³-hybridized carbons (Fsp3) is 0.455. The molecule has 0 spiro atoms. The number of rotatable bonds is 7. The first-order valence-corrected chi connectivity index (χ1v) is 11.7. The number of piperazine rings is 1. The van der Waals surface area contributed by atoms with Gasteiger partial charge in [-0.25, -0.2) is 9.98 Å². The summed E-state index contributed by atoms with van der Waals surface area (Å²) in [5.74, 6) is 1.91. The molecule has 2 aromatic heterocycles. The zero-order valence-electron chi connectivity index (χ0n) is 18.2. The average Bonchev–Trinajstić information content (AvgIpc) is 3.50. The van der Waals surface area contributed by atoms with Crippen LogP contribution in [0.4, 0.5) is 5.13 Å². The molecule has 8 nitrogen and oxygen atoms in total. The van der Waals surface area contributed by atoms with Crippen molar-refractivity contribution in [2.75, 3.05) is 37.6 Å². The zero-order chi connectivity index (χ0) is 21.5. The normalized spacial score (nSPS) is 14.8. The highest BCUT2D eigenvalue weighted by Crippen LogP contribution is 2.19. The van der Waals surface area contributed by atoms with Crippen molar-refractivity contribution >= 4 is 22.6 Å². The molecule has 1 N–H and O–H groups in total. The van der Waals surface area contributed by atoms with Crippen LogP contribution in [0.15, 0.2) is 47.7 Å². The van der Waals surface area contributed by atoms with E-state index < -0.39 is 0 Å². The standard InChI is InChI=1S/C22H30N8S/c1-3-20-26-22(31-27-20)29-14-12-28(13-15-29)21(23-4-2)24-16-18-8-5-6-9-19(18)17-30-11-7-10-25-30/h5-11H,3-4,12-17H2,1-2H3,(H,23,24). The molecule has 1 saturated heterocycles. The minimum absolute atomic E-state index is 0.649. The van der Waals surface area contributed by atoms with Gasteiger partial charge in [0.15, 0.2) is 5.96 Å². The summed E-state index contributed by atoms with van der Waals surface area (Å²) in [7, 11) is 0. The molecule has 164 valence electrons. The van der Waals surface area contributed by atoms with Crippen LogP contribution >= 0.6 is 11.5 Å². The summed E-state index contributed by atoms with van der Waals surface area (Å²) >= 11 is 1.50. The molecule has 1 aliphatic rings. The van der Waals surface area contributed by atoms with Crippen LogP contribution < -0.4 is 10.2 Å². The van der Waals surface area contributed by atoms with Gasteiger partial charge in [-0.15, -0.1) is 0 Å². The second kappa shape index (κ2) is 10.4. The van der Waals surface area contributed by atoms with Gasteiger partial charge in [0.05, 0.1) is 13.1 Å². The molecule has 1 aliphatic heterocycles. The first kappa shape index (κ1) is 21.3. The van der Waals surface area contributed by atoms with E-state index in [1.165, 1.54) is 22.7 Å². The molecule has 31 heavy (non-hydrogen) atoms. The minimum atomic E-state index is 0.649. The van der Waals surface area contributed by atoms with Crippen molar-refractivity contribution in [3.8, 4) is 0 Å². The number of hydrogen-bond acceptors (Lipinski definition) is 6. The van der Waals surface area contributed by atoms with Crippen molar-refractivity contribution in [2.24, 2.45) is 4.99 Å². The van der Waals surface area contributed by atoms with E-state index in [1.807, 2.05) is 23.1 Å². The lowest BCUT2D eigenvalue weighted by Gasteiger charge is -2.36. The van der Waals surface area contributed by atoms with Crippen LogP contribution in [0.5, 0.6) is 0 Å². The lowest BCUT2D eigenvalue weighted by atomic mass is 10.1. The molecule has 1 aromatic carbocycles. The van der Waals surface area contributed by atoms with E-state index in [0.717, 1.165) is 62.6 Å². The van der Waals surface area contributed by atoms with E-state index in [9.17, 15) is 0 Å². The van der Waals surface area contributed by atoms with Gasteiger partial charge in [-0.2, -0.15) is 9.47 Å². The third-order valence-corrected chi connectivity index (χ3v) is 6.18. The topological polar surface area (TPSA) is 74.5 Å². The summed E-state index contributed by atoms with van der Waals surface area (Å²) in [6.45, 7) is 10.2. The van der Waals surface area contributed by atoms with E-state index in [2.05, 4.69) is 67.7 Å². The summed E-state index contributed by atoms with van der Waals surface area (Å²) in [6, 6.07) is 10.4.